The summed E-state index contributed by atoms with van der Waals surface area (Å²) in [6.45, 7) is 3.48. The van der Waals surface area contributed by atoms with Crippen LogP contribution < -0.4 is 16.6 Å². The van der Waals surface area contributed by atoms with Crippen LogP contribution in [-0.2, 0) is 6.42 Å². The molecule has 2 rings (SSSR count). The third-order valence-electron chi connectivity index (χ3n) is 3.87. The SMILES string of the molecule is CCc1nc(NCC2(CN)CCCC2)cc(=O)[nH]1. The first-order valence-electron chi connectivity index (χ1n) is 6.72. The van der Waals surface area contributed by atoms with Crippen LogP contribution in [0.4, 0.5) is 5.82 Å². The maximum atomic E-state index is 11.5. The van der Waals surface area contributed by atoms with E-state index in [0.717, 1.165) is 18.8 Å². The maximum absolute atomic E-state index is 11.5. The molecule has 0 unspecified atom stereocenters. The van der Waals surface area contributed by atoms with Gasteiger partial charge in [-0.15, -0.1) is 0 Å². The minimum absolute atomic E-state index is 0.0995. The van der Waals surface area contributed by atoms with Gasteiger partial charge in [-0.05, 0) is 24.8 Å². The largest absolute Gasteiger partial charge is 0.369 e. The standard InChI is InChI=1S/C13H22N4O/c1-2-10-16-11(7-12(18)17-10)15-9-13(8-14)5-3-4-6-13/h7H,2-6,8-9,14H2,1H3,(H2,15,16,17,18). The monoisotopic (exact) mass is 250 g/mol. The number of anilines is 1. The Morgan fingerprint density at radius 1 is 1.50 bits per heavy atom. The third-order valence-corrected chi connectivity index (χ3v) is 3.87. The number of nitrogens with one attached hydrogen (secondary N) is 2. The minimum Gasteiger partial charge on any atom is -0.369 e. The zero-order valence-corrected chi connectivity index (χ0v) is 11.0. The topological polar surface area (TPSA) is 83.8 Å². The van der Waals surface area contributed by atoms with Gasteiger partial charge in [0, 0.05) is 19.0 Å². The predicted octanol–water partition coefficient (Wildman–Crippen LogP) is 1.26. The summed E-state index contributed by atoms with van der Waals surface area (Å²) in [5, 5.41) is 3.28. The summed E-state index contributed by atoms with van der Waals surface area (Å²) in [7, 11) is 0. The highest BCUT2D eigenvalue weighted by Gasteiger charge is 2.32. The predicted molar refractivity (Wildman–Crippen MR) is 72.7 cm³/mol. The number of rotatable bonds is 5. The molecule has 0 bridgehead atoms. The first-order chi connectivity index (χ1) is 8.67. The molecule has 5 nitrogen and oxygen atoms in total. The molecule has 1 saturated carbocycles. The van der Waals surface area contributed by atoms with Crippen molar-refractivity contribution in [3.05, 3.63) is 22.2 Å². The molecule has 1 aromatic rings. The van der Waals surface area contributed by atoms with Crippen molar-refractivity contribution in [1.82, 2.24) is 9.97 Å². The van der Waals surface area contributed by atoms with E-state index in [2.05, 4.69) is 15.3 Å². The quantitative estimate of drug-likeness (QED) is 0.734. The van der Waals surface area contributed by atoms with Crippen LogP contribution >= 0.6 is 0 Å². The molecule has 1 aromatic heterocycles. The van der Waals surface area contributed by atoms with E-state index < -0.39 is 0 Å². The molecule has 1 fully saturated rings. The Bertz CT molecular complexity index is 449. The van der Waals surface area contributed by atoms with E-state index in [4.69, 9.17) is 5.73 Å². The van der Waals surface area contributed by atoms with Gasteiger partial charge >= 0.3 is 0 Å². The summed E-state index contributed by atoms with van der Waals surface area (Å²) >= 11 is 0. The van der Waals surface area contributed by atoms with Gasteiger partial charge in [0.2, 0.25) is 0 Å². The zero-order chi connectivity index (χ0) is 13.0. The van der Waals surface area contributed by atoms with Crippen molar-refractivity contribution in [3.8, 4) is 0 Å². The summed E-state index contributed by atoms with van der Waals surface area (Å²) in [6.07, 6.45) is 5.57. The highest BCUT2D eigenvalue weighted by Crippen LogP contribution is 2.36. The van der Waals surface area contributed by atoms with E-state index in [-0.39, 0.29) is 11.0 Å². The van der Waals surface area contributed by atoms with Crippen LogP contribution in [0, 0.1) is 5.41 Å². The maximum Gasteiger partial charge on any atom is 0.252 e. The summed E-state index contributed by atoms with van der Waals surface area (Å²) in [5.41, 5.74) is 5.98. The molecule has 1 aliphatic carbocycles. The van der Waals surface area contributed by atoms with Gasteiger partial charge in [-0.3, -0.25) is 4.79 Å². The molecule has 1 aliphatic rings. The van der Waals surface area contributed by atoms with Gasteiger partial charge in [0.25, 0.3) is 5.56 Å². The second kappa shape index (κ2) is 5.52. The van der Waals surface area contributed by atoms with E-state index in [1.165, 1.54) is 31.7 Å². The van der Waals surface area contributed by atoms with Crippen LogP contribution in [0.3, 0.4) is 0 Å². The summed E-state index contributed by atoms with van der Waals surface area (Å²) in [5.74, 6) is 1.38. The van der Waals surface area contributed by atoms with Gasteiger partial charge in [-0.2, -0.15) is 0 Å². The van der Waals surface area contributed by atoms with Crippen molar-refractivity contribution in [2.75, 3.05) is 18.4 Å². The molecule has 18 heavy (non-hydrogen) atoms. The van der Waals surface area contributed by atoms with E-state index in [1.54, 1.807) is 0 Å². The fourth-order valence-electron chi connectivity index (χ4n) is 2.62. The van der Waals surface area contributed by atoms with Crippen molar-refractivity contribution in [2.24, 2.45) is 11.1 Å². The molecule has 0 radical (unpaired) electrons. The molecule has 5 heteroatoms. The Balaban J connectivity index is 2.05. The number of aromatic amines is 1. The highest BCUT2D eigenvalue weighted by molar-refractivity contribution is 5.33. The molecular formula is C13H22N4O. The lowest BCUT2D eigenvalue weighted by Gasteiger charge is -2.27. The second-order valence-electron chi connectivity index (χ2n) is 5.20. The van der Waals surface area contributed by atoms with Crippen molar-refractivity contribution >= 4 is 5.82 Å². The fraction of sp³-hybridized carbons (Fsp3) is 0.692. The molecule has 4 N–H and O–H groups in total. The molecule has 0 saturated heterocycles. The van der Waals surface area contributed by atoms with Gasteiger partial charge in [0.15, 0.2) is 0 Å². The smallest absolute Gasteiger partial charge is 0.252 e. The average Bonchev–Trinajstić information content (AvgIpc) is 2.85. The fourth-order valence-corrected chi connectivity index (χ4v) is 2.62. The van der Waals surface area contributed by atoms with E-state index in [9.17, 15) is 4.79 Å². The molecule has 100 valence electrons. The van der Waals surface area contributed by atoms with Crippen LogP contribution in [0.2, 0.25) is 0 Å². The van der Waals surface area contributed by atoms with Crippen molar-refractivity contribution < 1.29 is 0 Å². The van der Waals surface area contributed by atoms with Crippen LogP contribution in [0.1, 0.15) is 38.4 Å². The van der Waals surface area contributed by atoms with Crippen molar-refractivity contribution in [2.45, 2.75) is 39.0 Å². The van der Waals surface area contributed by atoms with Crippen LogP contribution in [0.5, 0.6) is 0 Å². The minimum atomic E-state index is -0.0995. The number of aromatic nitrogens is 2. The third kappa shape index (κ3) is 2.90. The Morgan fingerprint density at radius 2 is 2.22 bits per heavy atom. The summed E-state index contributed by atoms with van der Waals surface area (Å²) in [4.78, 5) is 18.5. The van der Waals surface area contributed by atoms with E-state index >= 15 is 0 Å². The molecule has 0 amide bonds. The summed E-state index contributed by atoms with van der Waals surface area (Å²) < 4.78 is 0. The van der Waals surface area contributed by atoms with Gasteiger partial charge in [-0.25, -0.2) is 4.98 Å². The molecular weight excluding hydrogens is 228 g/mol. The number of hydrogen-bond donors (Lipinski definition) is 3. The van der Waals surface area contributed by atoms with Gasteiger partial charge in [-0.1, -0.05) is 19.8 Å². The number of nitrogens with two attached hydrogens (primary N) is 1. The average molecular weight is 250 g/mol. The number of nitrogens with zero attached hydrogens (tertiary/aromatic N) is 1. The molecule has 0 aromatic carbocycles. The normalized spacial score (nSPS) is 17.9. The van der Waals surface area contributed by atoms with Crippen LogP contribution in [0.15, 0.2) is 10.9 Å². The molecule has 0 atom stereocenters. The Morgan fingerprint density at radius 3 is 2.83 bits per heavy atom. The Hall–Kier alpha value is -1.36. The van der Waals surface area contributed by atoms with Crippen molar-refractivity contribution in [3.63, 3.8) is 0 Å². The van der Waals surface area contributed by atoms with Gasteiger partial charge < -0.3 is 16.0 Å². The highest BCUT2D eigenvalue weighted by atomic mass is 16.1. The lowest BCUT2D eigenvalue weighted by Crippen LogP contribution is -2.35. The number of aryl methyl sites for hydroxylation is 1. The Labute approximate surface area is 107 Å². The summed E-state index contributed by atoms with van der Waals surface area (Å²) in [6, 6.07) is 1.51. The molecule has 0 spiro atoms. The van der Waals surface area contributed by atoms with E-state index in [0.29, 0.717) is 12.4 Å². The molecule has 1 heterocycles. The molecule has 0 aliphatic heterocycles. The number of hydrogen-bond acceptors (Lipinski definition) is 4. The van der Waals surface area contributed by atoms with Crippen molar-refractivity contribution in [1.29, 1.82) is 0 Å². The number of H-pyrrole nitrogens is 1. The van der Waals surface area contributed by atoms with E-state index in [1.807, 2.05) is 6.92 Å². The first kappa shape index (κ1) is 13.1. The first-order valence-corrected chi connectivity index (χ1v) is 6.72. The van der Waals surface area contributed by atoms with Gasteiger partial charge in [0.05, 0.1) is 0 Å². The van der Waals surface area contributed by atoms with Crippen LogP contribution in [-0.4, -0.2) is 23.1 Å². The second-order valence-corrected chi connectivity index (χ2v) is 5.20. The lowest BCUT2D eigenvalue weighted by molar-refractivity contribution is 0.332. The Kier molecular flexibility index (Phi) is 4.01. The lowest BCUT2D eigenvalue weighted by atomic mass is 9.86. The van der Waals surface area contributed by atoms with Crippen LogP contribution in [0.25, 0.3) is 0 Å². The zero-order valence-electron chi connectivity index (χ0n) is 11.0. The van der Waals surface area contributed by atoms with Gasteiger partial charge in [0.1, 0.15) is 11.6 Å².